The molecule has 294 valence electrons. The second kappa shape index (κ2) is 15.8. The number of imidazole rings is 2. The topological polar surface area (TPSA) is 266 Å². The summed E-state index contributed by atoms with van der Waals surface area (Å²) in [6.45, 7) is 9.11. The van der Waals surface area contributed by atoms with Gasteiger partial charge in [-0.25, -0.2) is 9.97 Å². The van der Waals surface area contributed by atoms with Crippen LogP contribution >= 0.6 is 0 Å². The molecule has 0 fully saturated rings. The summed E-state index contributed by atoms with van der Waals surface area (Å²) >= 11 is 0. The molecule has 2 aromatic carbocycles. The van der Waals surface area contributed by atoms with E-state index in [9.17, 15) is 14.4 Å². The number of anilines is 2. The van der Waals surface area contributed by atoms with Gasteiger partial charge >= 0.3 is 0 Å². The van der Waals surface area contributed by atoms with Gasteiger partial charge in [0, 0.05) is 43.7 Å². The van der Waals surface area contributed by atoms with Gasteiger partial charge in [-0.05, 0) is 64.1 Å². The quantitative estimate of drug-likeness (QED) is 0.0461. The van der Waals surface area contributed by atoms with Crippen molar-refractivity contribution >= 4 is 57.5 Å². The van der Waals surface area contributed by atoms with E-state index in [1.165, 1.54) is 0 Å². The molecule has 5 heterocycles. The Morgan fingerprint density at radius 3 is 1.68 bits per heavy atom. The first-order valence-electron chi connectivity index (χ1n) is 18.2. The summed E-state index contributed by atoms with van der Waals surface area (Å²) in [6, 6.07) is 9.85. The SMILES string of the molecule is CCn1nc(C)cc1C(=O)Nc1nc2cc(C(N)=O)cc3c2n1C/C=C/Cn1c(NC(=O)c2cc(C)nn2CC)nc2cc(/C(N)=N/N=N)cc(c21)OCCCO3. The number of nitrogens with two attached hydrogens (primary N) is 2. The van der Waals surface area contributed by atoms with E-state index in [2.05, 4.69) is 31.2 Å². The number of ether oxygens (including phenoxy) is 2. The Hall–Kier alpha value is -7.38. The number of primary amides is 1. The van der Waals surface area contributed by atoms with Gasteiger partial charge in [0.25, 0.3) is 11.8 Å². The second-order valence-electron chi connectivity index (χ2n) is 13.1. The molecule has 0 radical (unpaired) electrons. The van der Waals surface area contributed by atoms with Crippen LogP contribution in [-0.2, 0) is 26.2 Å². The lowest BCUT2D eigenvalue weighted by molar-refractivity contribution is 0.0994. The van der Waals surface area contributed by atoms with Crippen LogP contribution in [0.2, 0.25) is 0 Å². The molecular weight excluding hydrogens is 735 g/mol. The van der Waals surface area contributed by atoms with Gasteiger partial charge in [0.1, 0.15) is 33.9 Å². The van der Waals surface area contributed by atoms with Crippen molar-refractivity contribution in [2.24, 2.45) is 21.8 Å². The molecule has 3 amide bonds. The van der Waals surface area contributed by atoms with Crippen LogP contribution in [0.1, 0.15) is 68.6 Å². The van der Waals surface area contributed by atoms with Gasteiger partial charge < -0.3 is 30.1 Å². The molecule has 1 aliphatic rings. The summed E-state index contributed by atoms with van der Waals surface area (Å²) in [6.07, 6.45) is 4.12. The Kier molecular flexibility index (Phi) is 10.5. The third kappa shape index (κ3) is 7.51. The van der Waals surface area contributed by atoms with Crippen molar-refractivity contribution in [3.05, 3.63) is 82.5 Å². The van der Waals surface area contributed by atoms with Crippen LogP contribution < -0.4 is 31.6 Å². The Balaban J connectivity index is 1.33. The molecule has 57 heavy (non-hydrogen) atoms. The molecule has 4 aromatic heterocycles. The van der Waals surface area contributed by atoms with E-state index < -0.39 is 17.7 Å². The fraction of sp³-hybridized carbons (Fsp3) is 0.297. The first-order chi connectivity index (χ1) is 27.5. The average Bonchev–Trinajstić information content (AvgIpc) is 3.94. The number of allylic oxidation sites excluding steroid dienone is 2. The molecular formula is C37H41N15O5. The molecule has 20 nitrogen and oxygen atoms in total. The number of benzene rings is 2. The third-order valence-electron chi connectivity index (χ3n) is 9.22. The van der Waals surface area contributed by atoms with Crippen molar-refractivity contribution in [1.82, 2.24) is 38.7 Å². The van der Waals surface area contributed by atoms with E-state index in [-0.39, 0.29) is 49.6 Å². The Morgan fingerprint density at radius 1 is 0.754 bits per heavy atom. The summed E-state index contributed by atoms with van der Waals surface area (Å²) in [5.41, 5.74) is 23.7. The number of aromatic nitrogens is 8. The highest BCUT2D eigenvalue weighted by atomic mass is 16.5. The predicted octanol–water partition coefficient (Wildman–Crippen LogP) is 4.11. The number of hydrogen-bond donors (Lipinski definition) is 5. The van der Waals surface area contributed by atoms with Crippen LogP contribution in [0, 0.1) is 19.4 Å². The molecule has 7 N–H and O–H groups in total. The normalized spacial score (nSPS) is 14.0. The van der Waals surface area contributed by atoms with Crippen molar-refractivity contribution in [3.8, 4) is 11.5 Å². The predicted molar refractivity (Wildman–Crippen MR) is 210 cm³/mol. The molecule has 0 atom stereocenters. The maximum atomic E-state index is 13.7. The van der Waals surface area contributed by atoms with Gasteiger partial charge in [-0.2, -0.15) is 15.7 Å². The minimum Gasteiger partial charge on any atom is -0.491 e. The largest absolute Gasteiger partial charge is 0.491 e. The molecule has 0 aliphatic carbocycles. The molecule has 0 saturated carbocycles. The molecule has 0 unspecified atom stereocenters. The zero-order valence-corrected chi connectivity index (χ0v) is 31.7. The number of amides is 3. The van der Waals surface area contributed by atoms with Crippen molar-refractivity contribution < 1.29 is 23.9 Å². The first-order valence-corrected chi connectivity index (χ1v) is 18.2. The van der Waals surface area contributed by atoms with Gasteiger partial charge in [-0.15, -0.1) is 5.10 Å². The van der Waals surface area contributed by atoms with Crippen molar-refractivity contribution in [3.63, 3.8) is 0 Å². The zero-order valence-electron chi connectivity index (χ0n) is 31.7. The minimum atomic E-state index is -0.670. The molecule has 6 aromatic rings. The van der Waals surface area contributed by atoms with Gasteiger partial charge in [-0.1, -0.05) is 17.4 Å². The third-order valence-corrected chi connectivity index (χ3v) is 9.22. The van der Waals surface area contributed by atoms with Crippen LogP contribution in [0.5, 0.6) is 11.5 Å². The Bertz CT molecular complexity index is 2630. The fourth-order valence-electron chi connectivity index (χ4n) is 6.68. The van der Waals surface area contributed by atoms with Crippen LogP contribution in [0.3, 0.4) is 0 Å². The van der Waals surface area contributed by atoms with E-state index >= 15 is 0 Å². The number of carbonyl (C=O) groups excluding carboxylic acids is 3. The van der Waals surface area contributed by atoms with E-state index in [0.717, 1.165) is 0 Å². The smallest absolute Gasteiger partial charge is 0.276 e. The number of carbonyl (C=O) groups is 3. The molecule has 0 spiro atoms. The zero-order chi connectivity index (χ0) is 40.4. The standard InChI is InChI=1S/C37H41N15O5/c1-5-51-26(14-20(3)46-51)34(54)43-36-41-24-16-22(32(38)45-48-40)18-28-30(24)49(36)10-7-8-11-50-31-25(17-23(33(39)53)19-29(31)57-13-9-12-56-28)42-37(50)44-35(55)27-15-21(4)47-52(27)6-2/h7-8,14-19H,5-6,9-13H2,1-4H3,(H2,39,53)(H3,38,40,45)(H,41,43,54)(H,42,44,55)/b8-7+. The fourth-order valence-corrected chi connectivity index (χ4v) is 6.68. The maximum Gasteiger partial charge on any atom is 0.276 e. The van der Waals surface area contributed by atoms with E-state index in [1.54, 1.807) is 54.9 Å². The summed E-state index contributed by atoms with van der Waals surface area (Å²) in [7, 11) is 0. The van der Waals surface area contributed by atoms with E-state index in [0.29, 0.717) is 81.4 Å². The highest BCUT2D eigenvalue weighted by Gasteiger charge is 2.24. The minimum absolute atomic E-state index is 0.0283. The number of nitrogens with one attached hydrogen (secondary N) is 3. The lowest BCUT2D eigenvalue weighted by Crippen LogP contribution is -2.20. The summed E-state index contributed by atoms with van der Waals surface area (Å²) in [5.74, 6) is -0.379. The van der Waals surface area contributed by atoms with Gasteiger partial charge in [0.2, 0.25) is 17.8 Å². The van der Waals surface area contributed by atoms with Crippen LogP contribution in [0.25, 0.3) is 22.1 Å². The Labute approximate surface area is 325 Å². The first kappa shape index (κ1) is 37.9. The van der Waals surface area contributed by atoms with Gasteiger partial charge in [0.05, 0.1) is 35.6 Å². The number of amidine groups is 1. The number of hydrogen-bond acceptors (Lipinski definition) is 11. The van der Waals surface area contributed by atoms with Gasteiger partial charge in [-0.3, -0.25) is 34.4 Å². The van der Waals surface area contributed by atoms with Crippen molar-refractivity contribution in [1.29, 1.82) is 5.53 Å². The molecule has 7 rings (SSSR count). The lowest BCUT2D eigenvalue weighted by Gasteiger charge is -2.14. The number of aryl methyl sites for hydroxylation is 4. The summed E-state index contributed by atoms with van der Waals surface area (Å²) < 4.78 is 19.4. The van der Waals surface area contributed by atoms with Gasteiger partial charge in [0.15, 0.2) is 5.84 Å². The molecule has 0 bridgehead atoms. The maximum absolute atomic E-state index is 13.7. The second-order valence-corrected chi connectivity index (χ2v) is 13.1. The van der Waals surface area contributed by atoms with Crippen molar-refractivity contribution in [2.75, 3.05) is 23.8 Å². The Morgan fingerprint density at radius 2 is 1.23 bits per heavy atom. The van der Waals surface area contributed by atoms with Crippen molar-refractivity contribution in [2.45, 2.75) is 60.3 Å². The van der Waals surface area contributed by atoms with E-state index in [4.69, 9.17) is 36.4 Å². The number of nitrogens with zero attached hydrogens (tertiary/aromatic N) is 10. The highest BCUT2D eigenvalue weighted by molar-refractivity contribution is 6.06. The summed E-state index contributed by atoms with van der Waals surface area (Å²) in [4.78, 5) is 49.3. The number of rotatable bonds is 9. The monoisotopic (exact) mass is 775 g/mol. The molecule has 1 aliphatic heterocycles. The molecule has 20 heteroatoms. The van der Waals surface area contributed by atoms with Crippen LogP contribution in [0.4, 0.5) is 11.9 Å². The highest BCUT2D eigenvalue weighted by Crippen LogP contribution is 2.34. The average molecular weight is 776 g/mol. The van der Waals surface area contributed by atoms with E-state index in [1.807, 2.05) is 39.8 Å². The van der Waals surface area contributed by atoms with Crippen LogP contribution in [0.15, 0.2) is 58.9 Å². The molecule has 0 saturated heterocycles. The lowest BCUT2D eigenvalue weighted by atomic mass is 10.1. The summed E-state index contributed by atoms with van der Waals surface area (Å²) in [5, 5.41) is 21.5. The van der Waals surface area contributed by atoms with Crippen LogP contribution in [-0.4, -0.2) is 75.4 Å².